The highest BCUT2D eigenvalue weighted by molar-refractivity contribution is 5.95. The maximum atomic E-state index is 13.5. The molecule has 3 heterocycles. The zero-order valence-corrected chi connectivity index (χ0v) is 20.2. The molecule has 0 bridgehead atoms. The molecule has 2 amide bonds. The molecule has 5 rings (SSSR count). The number of hydrogen-bond acceptors (Lipinski definition) is 6. The fraction of sp³-hybridized carbons (Fsp3) is 0.560. The minimum atomic E-state index is -0.286. The molecule has 2 aromatic rings. The lowest BCUT2D eigenvalue weighted by Crippen LogP contribution is -2.54. The van der Waals surface area contributed by atoms with Gasteiger partial charge in [0.15, 0.2) is 0 Å². The van der Waals surface area contributed by atoms with E-state index in [1.54, 1.807) is 11.1 Å². The van der Waals surface area contributed by atoms with E-state index in [1.807, 2.05) is 19.1 Å². The number of nitrogens with one attached hydrogen (secondary N) is 1. The molecule has 182 valence electrons. The lowest BCUT2D eigenvalue weighted by molar-refractivity contribution is 0.0657. The van der Waals surface area contributed by atoms with Crippen molar-refractivity contribution in [2.24, 2.45) is 0 Å². The molecule has 1 saturated carbocycles. The minimum Gasteiger partial charge on any atom is -0.378 e. The summed E-state index contributed by atoms with van der Waals surface area (Å²) >= 11 is 0. The molecule has 1 spiro atoms. The number of rotatable bonds is 4. The van der Waals surface area contributed by atoms with Crippen LogP contribution in [0.3, 0.4) is 0 Å². The summed E-state index contributed by atoms with van der Waals surface area (Å²) in [5, 5.41) is 3.29. The molecule has 0 radical (unpaired) electrons. The Hall–Kier alpha value is -2.78. The molecule has 8 nitrogen and oxygen atoms in total. The maximum Gasteiger partial charge on any atom is 0.322 e. The molecule has 3 aliphatic rings. The molecule has 9 heteroatoms. The Balaban J connectivity index is 1.33. The highest BCUT2D eigenvalue weighted by atomic mass is 19.1. The Labute approximate surface area is 200 Å². The topological polar surface area (TPSA) is 73.8 Å². The van der Waals surface area contributed by atoms with Crippen LogP contribution in [0.15, 0.2) is 30.5 Å². The summed E-state index contributed by atoms with van der Waals surface area (Å²) in [5.74, 6) is 0.465. The van der Waals surface area contributed by atoms with Crippen LogP contribution in [-0.4, -0.2) is 73.4 Å². The van der Waals surface area contributed by atoms with Crippen LogP contribution in [0.5, 0.6) is 0 Å². The van der Waals surface area contributed by atoms with Crippen LogP contribution < -0.4 is 15.1 Å². The van der Waals surface area contributed by atoms with E-state index in [0.29, 0.717) is 25.7 Å². The van der Waals surface area contributed by atoms with Gasteiger partial charge in [0.2, 0.25) is 5.95 Å². The van der Waals surface area contributed by atoms with Crippen molar-refractivity contribution in [3.63, 3.8) is 0 Å². The monoisotopic (exact) mass is 468 g/mol. The van der Waals surface area contributed by atoms with Gasteiger partial charge in [-0.1, -0.05) is 12.1 Å². The molecule has 0 atom stereocenters. The van der Waals surface area contributed by atoms with Crippen molar-refractivity contribution in [3.8, 4) is 0 Å². The number of anilines is 2. The maximum absolute atomic E-state index is 13.5. The second kappa shape index (κ2) is 8.78. The van der Waals surface area contributed by atoms with Gasteiger partial charge in [0, 0.05) is 18.6 Å². The Morgan fingerprint density at radius 1 is 1.09 bits per heavy atom. The molecular weight excluding hydrogens is 435 g/mol. The van der Waals surface area contributed by atoms with Crippen molar-refractivity contribution in [3.05, 3.63) is 47.5 Å². The first kappa shape index (κ1) is 23.0. The third kappa shape index (κ3) is 4.01. The second-order valence-electron chi connectivity index (χ2n) is 9.97. The van der Waals surface area contributed by atoms with Gasteiger partial charge in [-0.3, -0.25) is 9.80 Å². The lowest BCUT2D eigenvalue weighted by Gasteiger charge is -2.48. The molecule has 2 saturated heterocycles. The van der Waals surface area contributed by atoms with Crippen LogP contribution in [0.1, 0.15) is 36.9 Å². The number of aromatic nitrogens is 2. The van der Waals surface area contributed by atoms with Crippen molar-refractivity contribution in [2.45, 2.75) is 43.7 Å². The highest BCUT2D eigenvalue weighted by Gasteiger charge is 2.50. The normalized spacial score (nSPS) is 27.5. The standard InChI is InChI=1S/C25H33FN6O2/c1-18-21(16-27-22(28-18)31-12-14-34-15-13-31)32-17-24(29-23(32)33)8-10-25(11-9-24,30(2)3)19-4-6-20(26)7-5-19/h4-7,16H,8-15,17H2,1-3H3,(H,29,33). The fourth-order valence-corrected chi connectivity index (χ4v) is 5.71. The SMILES string of the molecule is Cc1nc(N2CCOCC2)ncc1N1CC2(CCC(c3ccc(F)cc3)(N(C)C)CC2)NC1=O. The number of carbonyl (C=O) groups is 1. The van der Waals surface area contributed by atoms with Gasteiger partial charge in [-0.05, 0) is 64.4 Å². The third-order valence-electron chi connectivity index (χ3n) is 7.88. The van der Waals surface area contributed by atoms with Gasteiger partial charge in [-0.2, -0.15) is 0 Å². The third-order valence-corrected chi connectivity index (χ3v) is 7.88. The average molecular weight is 469 g/mol. The van der Waals surface area contributed by atoms with Crippen LogP contribution >= 0.6 is 0 Å². The van der Waals surface area contributed by atoms with Gasteiger partial charge in [-0.25, -0.2) is 19.2 Å². The summed E-state index contributed by atoms with van der Waals surface area (Å²) in [6.07, 6.45) is 5.22. The van der Waals surface area contributed by atoms with Crippen molar-refractivity contribution < 1.29 is 13.9 Å². The van der Waals surface area contributed by atoms with Crippen molar-refractivity contribution in [1.29, 1.82) is 0 Å². The van der Waals surface area contributed by atoms with Gasteiger partial charge in [0.1, 0.15) is 5.82 Å². The Kier molecular flexibility index (Phi) is 5.93. The second-order valence-corrected chi connectivity index (χ2v) is 9.97. The van der Waals surface area contributed by atoms with Crippen LogP contribution in [0.4, 0.5) is 20.8 Å². The summed E-state index contributed by atoms with van der Waals surface area (Å²) in [5.41, 5.74) is 2.22. The summed E-state index contributed by atoms with van der Waals surface area (Å²) in [4.78, 5) is 28.5. The van der Waals surface area contributed by atoms with Crippen LogP contribution in [-0.2, 0) is 10.3 Å². The van der Waals surface area contributed by atoms with E-state index in [9.17, 15) is 9.18 Å². The Morgan fingerprint density at radius 2 is 1.76 bits per heavy atom. The molecular formula is C25H33FN6O2. The zero-order valence-electron chi connectivity index (χ0n) is 20.2. The molecule has 1 aromatic heterocycles. The van der Waals surface area contributed by atoms with Crippen LogP contribution in [0.2, 0.25) is 0 Å². The fourth-order valence-electron chi connectivity index (χ4n) is 5.71. The highest BCUT2D eigenvalue weighted by Crippen LogP contribution is 2.46. The molecule has 3 fully saturated rings. The summed E-state index contributed by atoms with van der Waals surface area (Å²) in [6.45, 7) is 5.42. The van der Waals surface area contributed by atoms with Crippen LogP contribution in [0, 0.1) is 12.7 Å². The van der Waals surface area contributed by atoms with Gasteiger partial charge < -0.3 is 15.0 Å². The molecule has 2 aliphatic heterocycles. The van der Waals surface area contributed by atoms with E-state index in [0.717, 1.165) is 55.7 Å². The Bertz CT molecular complexity index is 1050. The average Bonchev–Trinajstić information content (AvgIpc) is 3.16. The quantitative estimate of drug-likeness (QED) is 0.744. The lowest BCUT2D eigenvalue weighted by atomic mass is 9.69. The number of aryl methyl sites for hydroxylation is 1. The number of urea groups is 1. The summed E-state index contributed by atoms with van der Waals surface area (Å²) in [6, 6.07) is 6.76. The smallest absolute Gasteiger partial charge is 0.322 e. The van der Waals surface area contributed by atoms with E-state index >= 15 is 0 Å². The number of benzene rings is 1. The molecule has 1 aliphatic carbocycles. The number of nitrogens with zero attached hydrogens (tertiary/aromatic N) is 5. The molecule has 1 aromatic carbocycles. The van der Waals surface area contributed by atoms with Crippen LogP contribution in [0.25, 0.3) is 0 Å². The number of amides is 2. The molecule has 34 heavy (non-hydrogen) atoms. The first-order valence-electron chi connectivity index (χ1n) is 12.0. The number of hydrogen-bond donors (Lipinski definition) is 1. The van der Waals surface area contributed by atoms with E-state index in [-0.39, 0.29) is 22.9 Å². The van der Waals surface area contributed by atoms with E-state index in [1.165, 1.54) is 12.1 Å². The van der Waals surface area contributed by atoms with E-state index < -0.39 is 0 Å². The molecule has 1 N–H and O–H groups in total. The van der Waals surface area contributed by atoms with Gasteiger partial charge in [-0.15, -0.1) is 0 Å². The van der Waals surface area contributed by atoms with Crippen molar-refractivity contribution >= 4 is 17.7 Å². The number of carbonyl (C=O) groups excluding carboxylic acids is 1. The minimum absolute atomic E-state index is 0.0926. The Morgan fingerprint density at radius 3 is 2.38 bits per heavy atom. The van der Waals surface area contributed by atoms with E-state index in [4.69, 9.17) is 9.72 Å². The van der Waals surface area contributed by atoms with Crippen molar-refractivity contribution in [1.82, 2.24) is 20.2 Å². The first-order chi connectivity index (χ1) is 16.3. The number of morpholine rings is 1. The predicted octanol–water partition coefficient (Wildman–Crippen LogP) is 3.06. The van der Waals surface area contributed by atoms with Crippen molar-refractivity contribution in [2.75, 3.05) is 56.7 Å². The van der Waals surface area contributed by atoms with E-state index in [2.05, 4.69) is 34.2 Å². The zero-order chi connectivity index (χ0) is 23.9. The predicted molar refractivity (Wildman–Crippen MR) is 129 cm³/mol. The van der Waals surface area contributed by atoms with Gasteiger partial charge >= 0.3 is 6.03 Å². The number of halogens is 1. The summed E-state index contributed by atoms with van der Waals surface area (Å²) < 4.78 is 19.0. The van der Waals surface area contributed by atoms with Gasteiger partial charge in [0.05, 0.1) is 42.9 Å². The first-order valence-corrected chi connectivity index (χ1v) is 12.0. The molecule has 0 unspecified atom stereocenters. The number of ether oxygens (including phenoxy) is 1. The van der Waals surface area contributed by atoms with Gasteiger partial charge in [0.25, 0.3) is 0 Å². The summed E-state index contributed by atoms with van der Waals surface area (Å²) in [7, 11) is 4.16. The largest absolute Gasteiger partial charge is 0.378 e.